The van der Waals surface area contributed by atoms with Crippen LogP contribution in [0.15, 0.2) is 36.7 Å². The van der Waals surface area contributed by atoms with Crippen molar-refractivity contribution in [2.45, 2.75) is 38.1 Å². The molecule has 29 heavy (non-hydrogen) atoms. The molecule has 1 aromatic carbocycles. The maximum atomic E-state index is 12.9. The second kappa shape index (κ2) is 7.62. The summed E-state index contributed by atoms with van der Waals surface area (Å²) in [7, 11) is 0. The standard InChI is InChI=1S/C20H22F3N5O/c1-13-2-4-14(5-3-13)8-24-19(29)11-28-15-6-16(28)10-27(9-15)18-7-17(20(21,22)23)25-12-26-18/h2-5,7,12,15-16H,6,8-11H2,1H3,(H,24,29). The lowest BCUT2D eigenvalue weighted by molar-refractivity contribution is -0.141. The van der Waals surface area contributed by atoms with Crippen LogP contribution in [0.4, 0.5) is 19.0 Å². The number of carbonyl (C=O) groups is 1. The highest BCUT2D eigenvalue weighted by Gasteiger charge is 2.45. The molecule has 2 atom stereocenters. The summed E-state index contributed by atoms with van der Waals surface area (Å²) in [5.74, 6) is 0.237. The van der Waals surface area contributed by atoms with Gasteiger partial charge in [0, 0.05) is 37.8 Å². The third kappa shape index (κ3) is 4.34. The number of anilines is 1. The molecule has 0 radical (unpaired) electrons. The van der Waals surface area contributed by atoms with Gasteiger partial charge in [-0.05, 0) is 18.9 Å². The zero-order chi connectivity index (χ0) is 20.6. The molecule has 1 N–H and O–H groups in total. The molecule has 5 rings (SSSR count). The summed E-state index contributed by atoms with van der Waals surface area (Å²) in [6.45, 7) is 3.90. The van der Waals surface area contributed by atoms with Gasteiger partial charge >= 0.3 is 6.18 Å². The summed E-state index contributed by atoms with van der Waals surface area (Å²) in [5, 5.41) is 2.93. The molecule has 0 spiro atoms. The molecular weight excluding hydrogens is 383 g/mol. The number of piperidine rings is 1. The predicted molar refractivity (Wildman–Crippen MR) is 101 cm³/mol. The zero-order valence-corrected chi connectivity index (χ0v) is 16.0. The number of alkyl halides is 3. The minimum absolute atomic E-state index is 0.0462. The lowest BCUT2D eigenvalue weighted by Gasteiger charge is -2.56. The Morgan fingerprint density at radius 1 is 1.17 bits per heavy atom. The van der Waals surface area contributed by atoms with Crippen molar-refractivity contribution in [3.8, 4) is 0 Å². The van der Waals surface area contributed by atoms with Crippen LogP contribution >= 0.6 is 0 Å². The molecule has 2 unspecified atom stereocenters. The molecule has 3 aliphatic rings. The summed E-state index contributed by atoms with van der Waals surface area (Å²) in [6.07, 6.45) is -2.59. The Morgan fingerprint density at radius 3 is 2.52 bits per heavy atom. The molecule has 1 aromatic heterocycles. The third-order valence-corrected chi connectivity index (χ3v) is 5.55. The van der Waals surface area contributed by atoms with Crippen LogP contribution in [0, 0.1) is 6.92 Å². The lowest BCUT2D eigenvalue weighted by atomic mass is 9.87. The summed E-state index contributed by atoms with van der Waals surface area (Å²) < 4.78 is 38.6. The number of rotatable bonds is 5. The van der Waals surface area contributed by atoms with E-state index < -0.39 is 11.9 Å². The first-order valence-electron chi connectivity index (χ1n) is 9.52. The first-order chi connectivity index (χ1) is 13.8. The maximum Gasteiger partial charge on any atom is 0.433 e. The van der Waals surface area contributed by atoms with Crippen LogP contribution in [0.5, 0.6) is 0 Å². The topological polar surface area (TPSA) is 61.4 Å². The predicted octanol–water partition coefficient (Wildman–Crippen LogP) is 2.38. The van der Waals surface area contributed by atoms with Gasteiger partial charge in [0.25, 0.3) is 0 Å². The molecule has 4 heterocycles. The van der Waals surface area contributed by atoms with Gasteiger partial charge in [0.05, 0.1) is 6.54 Å². The van der Waals surface area contributed by atoms with Crippen molar-refractivity contribution < 1.29 is 18.0 Å². The van der Waals surface area contributed by atoms with Crippen LogP contribution in [0.25, 0.3) is 0 Å². The molecule has 1 amide bonds. The number of fused-ring (bicyclic) bond motifs is 2. The number of aryl methyl sites for hydroxylation is 1. The average molecular weight is 405 g/mol. The Kier molecular flexibility index (Phi) is 5.16. The van der Waals surface area contributed by atoms with Crippen LogP contribution in [0.3, 0.4) is 0 Å². The van der Waals surface area contributed by atoms with Crippen molar-refractivity contribution in [2.75, 3.05) is 24.5 Å². The highest BCUT2D eigenvalue weighted by molar-refractivity contribution is 5.78. The smallest absolute Gasteiger partial charge is 0.353 e. The van der Waals surface area contributed by atoms with Gasteiger partial charge in [0.15, 0.2) is 0 Å². The van der Waals surface area contributed by atoms with Crippen LogP contribution in [0.2, 0.25) is 0 Å². The fourth-order valence-electron chi connectivity index (χ4n) is 3.94. The van der Waals surface area contributed by atoms with Crippen molar-refractivity contribution in [3.63, 3.8) is 0 Å². The second-order valence-electron chi connectivity index (χ2n) is 7.64. The Bertz CT molecular complexity index is 874. The third-order valence-electron chi connectivity index (χ3n) is 5.55. The molecule has 2 bridgehead atoms. The summed E-state index contributed by atoms with van der Waals surface area (Å²) in [5.41, 5.74) is 1.28. The summed E-state index contributed by atoms with van der Waals surface area (Å²) in [6, 6.07) is 9.27. The molecule has 3 fully saturated rings. The monoisotopic (exact) mass is 405 g/mol. The van der Waals surface area contributed by atoms with E-state index in [1.54, 1.807) is 0 Å². The van der Waals surface area contributed by atoms with Crippen LogP contribution in [0.1, 0.15) is 23.2 Å². The molecular formula is C20H22F3N5O. The number of nitrogens with one attached hydrogen (secondary N) is 1. The van der Waals surface area contributed by atoms with Crippen LogP contribution in [-0.2, 0) is 17.5 Å². The number of halogens is 3. The van der Waals surface area contributed by atoms with Gasteiger partial charge in [-0.3, -0.25) is 9.69 Å². The number of hydrogen-bond acceptors (Lipinski definition) is 5. The van der Waals surface area contributed by atoms with Gasteiger partial charge in [0.2, 0.25) is 5.91 Å². The molecule has 9 heteroatoms. The van der Waals surface area contributed by atoms with Crippen LogP contribution in [-0.4, -0.2) is 52.5 Å². The fraction of sp³-hybridized carbons (Fsp3) is 0.450. The molecule has 0 saturated carbocycles. The Labute approximate surface area is 166 Å². The van der Waals surface area contributed by atoms with Crippen molar-refractivity contribution in [1.29, 1.82) is 0 Å². The van der Waals surface area contributed by atoms with E-state index in [1.165, 1.54) is 5.56 Å². The Morgan fingerprint density at radius 2 is 1.86 bits per heavy atom. The SMILES string of the molecule is Cc1ccc(CNC(=O)CN2C3CC2CN(c2cc(C(F)(F)F)ncn2)C3)cc1. The van der Waals surface area contributed by atoms with Crippen molar-refractivity contribution in [2.24, 2.45) is 0 Å². The highest BCUT2D eigenvalue weighted by atomic mass is 19.4. The van der Waals surface area contributed by atoms with Gasteiger partial charge in [-0.1, -0.05) is 29.8 Å². The fourth-order valence-corrected chi connectivity index (χ4v) is 3.94. The number of carbonyl (C=O) groups excluding carboxylic acids is 1. The summed E-state index contributed by atoms with van der Waals surface area (Å²) in [4.78, 5) is 23.6. The molecule has 0 aliphatic carbocycles. The van der Waals surface area contributed by atoms with Crippen LogP contribution < -0.4 is 10.2 Å². The summed E-state index contributed by atoms with van der Waals surface area (Å²) >= 11 is 0. The Balaban J connectivity index is 1.30. The van der Waals surface area contributed by atoms with Gasteiger partial charge in [-0.15, -0.1) is 0 Å². The number of benzene rings is 1. The van der Waals surface area contributed by atoms with E-state index >= 15 is 0 Å². The largest absolute Gasteiger partial charge is 0.433 e. The molecule has 6 nitrogen and oxygen atoms in total. The van der Waals surface area contributed by atoms with Gasteiger partial charge < -0.3 is 10.2 Å². The number of piperazine rings is 1. The van der Waals surface area contributed by atoms with Crippen molar-refractivity contribution >= 4 is 11.7 Å². The first kappa shape index (κ1) is 19.6. The van der Waals surface area contributed by atoms with Gasteiger partial charge in [0.1, 0.15) is 17.8 Å². The molecule has 3 saturated heterocycles. The van der Waals surface area contributed by atoms with E-state index in [-0.39, 0.29) is 23.8 Å². The van der Waals surface area contributed by atoms with Crippen molar-refractivity contribution in [1.82, 2.24) is 20.2 Å². The van der Waals surface area contributed by atoms with Crippen molar-refractivity contribution in [3.05, 3.63) is 53.5 Å². The van der Waals surface area contributed by atoms with Gasteiger partial charge in [-0.2, -0.15) is 13.2 Å². The number of hydrogen-bond donors (Lipinski definition) is 1. The minimum atomic E-state index is -4.49. The Hall–Kier alpha value is -2.68. The number of amides is 1. The van der Waals surface area contributed by atoms with E-state index in [0.717, 1.165) is 24.4 Å². The molecule has 2 aromatic rings. The first-order valence-corrected chi connectivity index (χ1v) is 9.52. The number of nitrogens with zero attached hydrogens (tertiary/aromatic N) is 4. The lowest BCUT2D eigenvalue weighted by Crippen LogP contribution is -2.70. The molecule has 3 aliphatic heterocycles. The van der Waals surface area contributed by atoms with E-state index in [2.05, 4.69) is 20.2 Å². The van der Waals surface area contributed by atoms with E-state index in [0.29, 0.717) is 26.2 Å². The van der Waals surface area contributed by atoms with E-state index in [9.17, 15) is 18.0 Å². The van der Waals surface area contributed by atoms with Gasteiger partial charge in [-0.25, -0.2) is 9.97 Å². The van der Waals surface area contributed by atoms with E-state index in [4.69, 9.17) is 0 Å². The zero-order valence-electron chi connectivity index (χ0n) is 16.0. The maximum absolute atomic E-state index is 12.9. The highest BCUT2D eigenvalue weighted by Crippen LogP contribution is 2.35. The average Bonchev–Trinajstić information content (AvgIpc) is 2.71. The normalized spacial score (nSPS) is 21.6. The van der Waals surface area contributed by atoms with E-state index in [1.807, 2.05) is 36.1 Å². The molecule has 154 valence electrons. The minimum Gasteiger partial charge on any atom is -0.353 e. The second-order valence-corrected chi connectivity index (χ2v) is 7.64. The number of aromatic nitrogens is 2. The quantitative estimate of drug-likeness (QED) is 0.828.